The van der Waals surface area contributed by atoms with Crippen LogP contribution in [0.3, 0.4) is 0 Å². The molecule has 0 saturated heterocycles. The van der Waals surface area contributed by atoms with E-state index >= 15 is 0 Å². The summed E-state index contributed by atoms with van der Waals surface area (Å²) in [5.41, 5.74) is 5.96. The maximum absolute atomic E-state index is 3.26. The molecule has 0 aromatic heterocycles. The van der Waals surface area contributed by atoms with E-state index in [4.69, 9.17) is 0 Å². The molecule has 1 aliphatic carbocycles. The van der Waals surface area contributed by atoms with Gasteiger partial charge in [0.1, 0.15) is 0 Å². The van der Waals surface area contributed by atoms with Crippen molar-refractivity contribution in [3.63, 3.8) is 0 Å². The molecule has 0 saturated carbocycles. The molecule has 0 fully saturated rings. The molecule has 0 atom stereocenters. The topological polar surface area (TPSA) is 0 Å². The molecule has 0 spiro atoms. The molecule has 0 aliphatic heterocycles. The van der Waals surface area contributed by atoms with E-state index in [1.54, 1.807) is 5.57 Å². The van der Waals surface area contributed by atoms with Crippen molar-refractivity contribution < 1.29 is 0 Å². The summed E-state index contributed by atoms with van der Waals surface area (Å²) < 4.78 is 0. The summed E-state index contributed by atoms with van der Waals surface area (Å²) in [6.45, 7) is 4.38. The van der Waals surface area contributed by atoms with E-state index in [9.17, 15) is 0 Å². The van der Waals surface area contributed by atoms with Gasteiger partial charge in [0.25, 0.3) is 0 Å². The van der Waals surface area contributed by atoms with Gasteiger partial charge in [-0.25, -0.2) is 0 Å². The van der Waals surface area contributed by atoms with E-state index in [1.807, 2.05) is 0 Å². The lowest BCUT2D eigenvalue weighted by molar-refractivity contribution is 0.641. The molecule has 91 valence electrons. The van der Waals surface area contributed by atoms with Gasteiger partial charge in [0.15, 0.2) is 0 Å². The van der Waals surface area contributed by atoms with Crippen molar-refractivity contribution in [2.75, 3.05) is 0 Å². The standard InChI is InChI=1S/C17H23/c1-14-8-7-11-17(15(14)2)10-6-4-3-5-9-16-12-13-16/h7,11-12H,3-6,9-10,13H2,1-2H3. The van der Waals surface area contributed by atoms with Crippen molar-refractivity contribution in [2.45, 2.75) is 58.8 Å². The minimum absolute atomic E-state index is 1.24. The van der Waals surface area contributed by atoms with Gasteiger partial charge in [0.2, 0.25) is 0 Å². The predicted octanol–water partition coefficient (Wildman–Crippen LogP) is 4.93. The van der Waals surface area contributed by atoms with Gasteiger partial charge in [-0.2, -0.15) is 0 Å². The number of benzene rings is 1. The van der Waals surface area contributed by atoms with Gasteiger partial charge in [-0.3, -0.25) is 0 Å². The number of allylic oxidation sites excluding steroid dienone is 2. The first-order valence-electron chi connectivity index (χ1n) is 6.92. The third-order valence-corrected chi connectivity index (χ3v) is 3.82. The Morgan fingerprint density at radius 2 is 1.76 bits per heavy atom. The molecule has 1 aromatic rings. The highest BCUT2D eigenvalue weighted by Crippen LogP contribution is 2.25. The average molecular weight is 227 g/mol. The van der Waals surface area contributed by atoms with E-state index in [-0.39, 0.29) is 0 Å². The van der Waals surface area contributed by atoms with E-state index in [0.717, 1.165) is 0 Å². The Labute approximate surface area is 106 Å². The molecule has 1 radical (unpaired) electrons. The summed E-state index contributed by atoms with van der Waals surface area (Å²) in [6.07, 6.45) is 11.8. The van der Waals surface area contributed by atoms with Crippen LogP contribution >= 0.6 is 0 Å². The van der Waals surface area contributed by atoms with Crippen molar-refractivity contribution in [1.29, 1.82) is 0 Å². The van der Waals surface area contributed by atoms with Crippen LogP contribution in [0.2, 0.25) is 0 Å². The van der Waals surface area contributed by atoms with Crippen molar-refractivity contribution in [2.24, 2.45) is 0 Å². The molecule has 17 heavy (non-hydrogen) atoms. The second-order valence-corrected chi connectivity index (χ2v) is 5.23. The predicted molar refractivity (Wildman–Crippen MR) is 74.2 cm³/mol. The van der Waals surface area contributed by atoms with Gasteiger partial charge in [-0.05, 0) is 68.7 Å². The second kappa shape index (κ2) is 6.05. The molecule has 0 N–H and O–H groups in total. The Kier molecular flexibility index (Phi) is 4.42. The number of rotatable bonds is 7. The molecule has 2 rings (SSSR count). The Bertz CT molecular complexity index is 398. The van der Waals surface area contributed by atoms with Crippen LogP contribution in [0.1, 0.15) is 55.2 Å². The van der Waals surface area contributed by atoms with Crippen LogP contribution < -0.4 is 0 Å². The molecule has 0 heterocycles. The van der Waals surface area contributed by atoms with Gasteiger partial charge >= 0.3 is 0 Å². The molecule has 0 bridgehead atoms. The summed E-state index contributed by atoms with van der Waals surface area (Å²) in [6, 6.07) is 7.56. The third kappa shape index (κ3) is 4.03. The van der Waals surface area contributed by atoms with Crippen LogP contribution in [0.5, 0.6) is 0 Å². The minimum atomic E-state index is 1.24. The minimum Gasteiger partial charge on any atom is -0.0810 e. The first-order chi connectivity index (χ1) is 8.27. The maximum atomic E-state index is 3.26. The van der Waals surface area contributed by atoms with Crippen LogP contribution in [-0.4, -0.2) is 0 Å². The maximum Gasteiger partial charge on any atom is -0.0136 e. The smallest absolute Gasteiger partial charge is 0.0136 e. The lowest BCUT2D eigenvalue weighted by atomic mass is 9.98. The summed E-state index contributed by atoms with van der Waals surface area (Å²) in [7, 11) is 0. The highest BCUT2D eigenvalue weighted by molar-refractivity contribution is 5.32. The molecule has 0 unspecified atom stereocenters. The SMILES string of the molecule is Cc1[c]ccc(CCCCCCC2=CC2)c1C. The molecule has 1 aromatic carbocycles. The van der Waals surface area contributed by atoms with Crippen LogP contribution in [0, 0.1) is 19.9 Å². The monoisotopic (exact) mass is 227 g/mol. The largest absolute Gasteiger partial charge is 0.0810 e. The molecular formula is C17H23. The van der Waals surface area contributed by atoms with Gasteiger partial charge in [0.05, 0.1) is 0 Å². The zero-order chi connectivity index (χ0) is 12.1. The number of unbranched alkanes of at least 4 members (excludes halogenated alkanes) is 3. The van der Waals surface area contributed by atoms with E-state index < -0.39 is 0 Å². The number of hydrogen-bond donors (Lipinski definition) is 0. The van der Waals surface area contributed by atoms with Crippen LogP contribution in [0.4, 0.5) is 0 Å². The fourth-order valence-corrected chi connectivity index (χ4v) is 2.31. The first-order valence-corrected chi connectivity index (χ1v) is 6.92. The lowest BCUT2D eigenvalue weighted by Gasteiger charge is -2.07. The second-order valence-electron chi connectivity index (χ2n) is 5.23. The third-order valence-electron chi connectivity index (χ3n) is 3.82. The molecular weight excluding hydrogens is 204 g/mol. The van der Waals surface area contributed by atoms with E-state index in [2.05, 4.69) is 38.1 Å². The van der Waals surface area contributed by atoms with Crippen molar-refractivity contribution >= 4 is 0 Å². The normalized spacial score (nSPS) is 13.6. The number of aryl methyl sites for hydroxylation is 2. The lowest BCUT2D eigenvalue weighted by Crippen LogP contribution is -1.92. The van der Waals surface area contributed by atoms with Crippen molar-refractivity contribution in [1.82, 2.24) is 0 Å². The zero-order valence-electron chi connectivity index (χ0n) is 11.2. The highest BCUT2D eigenvalue weighted by atomic mass is 14.1. The van der Waals surface area contributed by atoms with Crippen LogP contribution in [0.25, 0.3) is 0 Å². The van der Waals surface area contributed by atoms with Gasteiger partial charge in [0, 0.05) is 0 Å². The van der Waals surface area contributed by atoms with Gasteiger partial charge in [-0.15, -0.1) is 0 Å². The van der Waals surface area contributed by atoms with Gasteiger partial charge in [-0.1, -0.05) is 36.6 Å². The average Bonchev–Trinajstić information content (AvgIpc) is 3.12. The van der Waals surface area contributed by atoms with Crippen molar-refractivity contribution in [3.05, 3.63) is 46.5 Å². The Morgan fingerprint density at radius 1 is 1.06 bits per heavy atom. The van der Waals surface area contributed by atoms with Crippen LogP contribution in [0.15, 0.2) is 23.8 Å². The Morgan fingerprint density at radius 3 is 2.47 bits per heavy atom. The summed E-state index contributed by atoms with van der Waals surface area (Å²) in [5.74, 6) is 0. The van der Waals surface area contributed by atoms with Crippen molar-refractivity contribution in [3.8, 4) is 0 Å². The fraction of sp³-hybridized carbons (Fsp3) is 0.529. The molecule has 0 amide bonds. The van der Waals surface area contributed by atoms with Gasteiger partial charge < -0.3 is 0 Å². The van der Waals surface area contributed by atoms with E-state index in [0.29, 0.717) is 0 Å². The van der Waals surface area contributed by atoms with Crippen LogP contribution in [-0.2, 0) is 6.42 Å². The Hall–Kier alpha value is -1.04. The van der Waals surface area contributed by atoms with E-state index in [1.165, 1.54) is 61.6 Å². The Balaban J connectivity index is 1.63. The summed E-state index contributed by atoms with van der Waals surface area (Å²) in [5, 5.41) is 0. The molecule has 0 heteroatoms. The summed E-state index contributed by atoms with van der Waals surface area (Å²) >= 11 is 0. The highest BCUT2D eigenvalue weighted by Gasteiger charge is 2.05. The fourth-order valence-electron chi connectivity index (χ4n) is 2.31. The molecule has 0 nitrogen and oxygen atoms in total. The number of hydrogen-bond acceptors (Lipinski definition) is 0. The first kappa shape index (κ1) is 12.4. The summed E-state index contributed by atoms with van der Waals surface area (Å²) in [4.78, 5) is 0. The molecule has 1 aliphatic rings. The zero-order valence-corrected chi connectivity index (χ0v) is 11.2. The quantitative estimate of drug-likeness (QED) is 0.458.